The van der Waals surface area contributed by atoms with Crippen molar-refractivity contribution in [1.82, 2.24) is 20.6 Å². The minimum atomic E-state index is 0.730. The number of tetrazole rings is 1. The van der Waals surface area contributed by atoms with Crippen molar-refractivity contribution < 1.29 is 4.74 Å². The molecule has 140 valence electrons. The molecule has 0 atom stereocenters. The summed E-state index contributed by atoms with van der Waals surface area (Å²) >= 11 is 0. The van der Waals surface area contributed by atoms with E-state index < -0.39 is 0 Å². The predicted molar refractivity (Wildman–Crippen MR) is 108 cm³/mol. The van der Waals surface area contributed by atoms with Gasteiger partial charge in [-0.15, -0.1) is 10.2 Å². The Labute approximate surface area is 163 Å². The smallest absolute Gasteiger partial charge is 0.174 e. The first kappa shape index (κ1) is 17.7. The van der Waals surface area contributed by atoms with Crippen molar-refractivity contribution in [3.8, 4) is 11.5 Å². The van der Waals surface area contributed by atoms with Gasteiger partial charge in [0, 0.05) is 18.7 Å². The number of H-pyrrole nitrogens is 1. The summed E-state index contributed by atoms with van der Waals surface area (Å²) in [5, 5.41) is 17.5. The second-order valence-corrected chi connectivity index (χ2v) is 6.44. The number of aromatic amines is 1. The molecule has 0 fully saturated rings. The van der Waals surface area contributed by atoms with E-state index in [1.54, 1.807) is 0 Å². The normalized spacial score (nSPS) is 10.6. The minimum absolute atomic E-state index is 0.730. The van der Waals surface area contributed by atoms with Crippen LogP contribution in [0.2, 0.25) is 0 Å². The molecule has 0 amide bonds. The first-order valence-corrected chi connectivity index (χ1v) is 9.22. The van der Waals surface area contributed by atoms with Crippen LogP contribution in [0.25, 0.3) is 0 Å². The Morgan fingerprint density at radius 2 is 1.61 bits per heavy atom. The second-order valence-electron chi connectivity index (χ2n) is 6.44. The fraction of sp³-hybridized carbons (Fsp3) is 0.136. The first-order chi connectivity index (χ1) is 13.8. The van der Waals surface area contributed by atoms with E-state index in [-0.39, 0.29) is 0 Å². The van der Waals surface area contributed by atoms with E-state index in [0.29, 0.717) is 0 Å². The molecule has 6 heteroatoms. The molecule has 0 aliphatic rings. The van der Waals surface area contributed by atoms with Crippen LogP contribution in [0, 0.1) is 0 Å². The maximum atomic E-state index is 5.90. The first-order valence-electron chi connectivity index (χ1n) is 9.22. The third kappa shape index (κ3) is 4.94. The van der Waals surface area contributed by atoms with Crippen LogP contribution in [-0.4, -0.2) is 20.6 Å². The highest BCUT2D eigenvalue weighted by Crippen LogP contribution is 2.22. The Hall–Kier alpha value is -3.67. The molecule has 0 saturated heterocycles. The molecule has 0 radical (unpaired) electrons. The molecule has 2 N–H and O–H groups in total. The predicted octanol–water partition coefficient (Wildman–Crippen LogP) is 4.39. The Balaban J connectivity index is 1.31. The van der Waals surface area contributed by atoms with Crippen LogP contribution in [0.3, 0.4) is 0 Å². The summed E-state index contributed by atoms with van der Waals surface area (Å²) in [5.41, 5.74) is 3.49. The molecule has 4 aromatic rings. The average Bonchev–Trinajstić information content (AvgIpc) is 3.26. The van der Waals surface area contributed by atoms with Crippen molar-refractivity contribution in [1.29, 1.82) is 0 Å². The summed E-state index contributed by atoms with van der Waals surface area (Å²) in [6.07, 6.45) is 1.66. The number of para-hydroxylation sites is 1. The van der Waals surface area contributed by atoms with Crippen LogP contribution in [0.15, 0.2) is 78.9 Å². The monoisotopic (exact) mass is 371 g/mol. The zero-order valence-corrected chi connectivity index (χ0v) is 15.4. The van der Waals surface area contributed by atoms with Gasteiger partial charge in [0.15, 0.2) is 5.82 Å². The van der Waals surface area contributed by atoms with Crippen LogP contribution in [0.4, 0.5) is 5.69 Å². The average molecular weight is 371 g/mol. The standard InChI is InChI=1S/C22H21N5O/c1-2-6-20(7-3-1)28-21-8-4-5-18(15-21)16-23-19-12-9-17(10-13-19)11-14-22-24-26-27-25-22/h1-10,12-13,15,23H,11,14,16H2,(H,24,25,26,27). The molecular formula is C22H21N5O. The molecule has 4 rings (SSSR count). The number of benzene rings is 3. The van der Waals surface area contributed by atoms with Gasteiger partial charge >= 0.3 is 0 Å². The zero-order chi connectivity index (χ0) is 19.0. The number of hydrogen-bond donors (Lipinski definition) is 2. The Kier molecular flexibility index (Phi) is 5.58. The fourth-order valence-corrected chi connectivity index (χ4v) is 2.88. The summed E-state index contributed by atoms with van der Waals surface area (Å²) in [5.74, 6) is 2.41. The van der Waals surface area contributed by atoms with E-state index in [9.17, 15) is 0 Å². The van der Waals surface area contributed by atoms with Gasteiger partial charge in [0.1, 0.15) is 11.5 Å². The Morgan fingerprint density at radius 3 is 2.39 bits per heavy atom. The van der Waals surface area contributed by atoms with E-state index in [0.717, 1.165) is 48.0 Å². The van der Waals surface area contributed by atoms with E-state index in [4.69, 9.17) is 4.74 Å². The van der Waals surface area contributed by atoms with Crippen LogP contribution in [-0.2, 0) is 19.4 Å². The number of anilines is 1. The number of nitrogens with one attached hydrogen (secondary N) is 2. The number of aryl methyl sites for hydroxylation is 2. The van der Waals surface area contributed by atoms with Gasteiger partial charge in [-0.05, 0) is 53.9 Å². The SMILES string of the molecule is c1ccc(Oc2cccc(CNc3ccc(CCc4nn[nH]n4)cc3)c2)cc1. The minimum Gasteiger partial charge on any atom is -0.457 e. The van der Waals surface area contributed by atoms with Gasteiger partial charge in [-0.3, -0.25) is 0 Å². The van der Waals surface area contributed by atoms with Gasteiger partial charge in [0.2, 0.25) is 0 Å². The van der Waals surface area contributed by atoms with Gasteiger partial charge in [0.25, 0.3) is 0 Å². The maximum Gasteiger partial charge on any atom is 0.174 e. The van der Waals surface area contributed by atoms with E-state index in [1.165, 1.54) is 5.56 Å². The van der Waals surface area contributed by atoms with Gasteiger partial charge in [-0.1, -0.05) is 47.7 Å². The topological polar surface area (TPSA) is 75.7 Å². The summed E-state index contributed by atoms with van der Waals surface area (Å²) < 4.78 is 5.90. The number of nitrogens with zero attached hydrogens (tertiary/aromatic N) is 3. The van der Waals surface area contributed by atoms with Gasteiger partial charge < -0.3 is 10.1 Å². The zero-order valence-electron chi connectivity index (χ0n) is 15.4. The summed E-state index contributed by atoms with van der Waals surface area (Å²) in [4.78, 5) is 0. The number of rotatable bonds is 8. The molecule has 3 aromatic carbocycles. The molecule has 0 saturated carbocycles. The van der Waals surface area contributed by atoms with Crippen molar-refractivity contribution in [3.05, 3.63) is 95.8 Å². The summed E-state index contributed by atoms with van der Waals surface area (Å²) in [7, 11) is 0. The van der Waals surface area contributed by atoms with E-state index in [2.05, 4.69) is 62.3 Å². The van der Waals surface area contributed by atoms with Crippen molar-refractivity contribution in [2.24, 2.45) is 0 Å². The number of hydrogen-bond acceptors (Lipinski definition) is 5. The highest BCUT2D eigenvalue weighted by Gasteiger charge is 2.02. The van der Waals surface area contributed by atoms with Crippen molar-refractivity contribution in [2.75, 3.05) is 5.32 Å². The summed E-state index contributed by atoms with van der Waals surface area (Å²) in [6.45, 7) is 0.730. The molecule has 28 heavy (non-hydrogen) atoms. The van der Waals surface area contributed by atoms with Crippen LogP contribution >= 0.6 is 0 Å². The highest BCUT2D eigenvalue weighted by atomic mass is 16.5. The molecule has 0 unspecified atom stereocenters. The quantitative estimate of drug-likeness (QED) is 0.480. The van der Waals surface area contributed by atoms with Crippen molar-refractivity contribution in [2.45, 2.75) is 19.4 Å². The lowest BCUT2D eigenvalue weighted by Gasteiger charge is -2.10. The van der Waals surface area contributed by atoms with E-state index >= 15 is 0 Å². The molecule has 6 nitrogen and oxygen atoms in total. The Morgan fingerprint density at radius 1 is 0.786 bits per heavy atom. The van der Waals surface area contributed by atoms with Crippen LogP contribution in [0.5, 0.6) is 11.5 Å². The van der Waals surface area contributed by atoms with E-state index in [1.807, 2.05) is 42.5 Å². The van der Waals surface area contributed by atoms with Gasteiger partial charge in [0.05, 0.1) is 0 Å². The largest absolute Gasteiger partial charge is 0.457 e. The molecule has 1 aromatic heterocycles. The van der Waals surface area contributed by atoms with Crippen molar-refractivity contribution >= 4 is 5.69 Å². The lowest BCUT2D eigenvalue weighted by Crippen LogP contribution is -2.00. The number of aromatic nitrogens is 4. The fourth-order valence-electron chi connectivity index (χ4n) is 2.88. The molecular weight excluding hydrogens is 350 g/mol. The van der Waals surface area contributed by atoms with Gasteiger partial charge in [-0.25, -0.2) is 0 Å². The third-order valence-corrected chi connectivity index (χ3v) is 4.35. The molecule has 0 aliphatic heterocycles. The molecule has 1 heterocycles. The lowest BCUT2D eigenvalue weighted by atomic mass is 10.1. The summed E-state index contributed by atoms with van der Waals surface area (Å²) in [6, 6.07) is 26.4. The van der Waals surface area contributed by atoms with Crippen LogP contribution < -0.4 is 10.1 Å². The highest BCUT2D eigenvalue weighted by molar-refractivity contribution is 5.46. The number of ether oxygens (including phenoxy) is 1. The van der Waals surface area contributed by atoms with Gasteiger partial charge in [-0.2, -0.15) is 5.21 Å². The maximum absolute atomic E-state index is 5.90. The molecule has 0 bridgehead atoms. The Bertz CT molecular complexity index is 985. The molecule has 0 spiro atoms. The third-order valence-electron chi connectivity index (χ3n) is 4.35. The van der Waals surface area contributed by atoms with Crippen molar-refractivity contribution in [3.63, 3.8) is 0 Å². The van der Waals surface area contributed by atoms with Crippen LogP contribution in [0.1, 0.15) is 17.0 Å². The lowest BCUT2D eigenvalue weighted by molar-refractivity contribution is 0.482. The molecule has 0 aliphatic carbocycles. The second kappa shape index (κ2) is 8.81.